The van der Waals surface area contributed by atoms with Gasteiger partial charge < -0.3 is 20.0 Å². The first-order valence-corrected chi connectivity index (χ1v) is 11.2. The predicted octanol–water partition coefficient (Wildman–Crippen LogP) is -0.386. The molecule has 0 aromatic heterocycles. The minimum Gasteiger partial charge on any atom is -0.345 e. The maximum absolute atomic E-state index is 12.7. The number of hydrogen-bond acceptors (Lipinski definition) is 2. The molecule has 1 saturated heterocycles. The van der Waals surface area contributed by atoms with Crippen molar-refractivity contribution in [3.8, 4) is 0 Å². The van der Waals surface area contributed by atoms with E-state index >= 15 is 0 Å². The summed E-state index contributed by atoms with van der Waals surface area (Å²) in [4.78, 5) is 29.5. The molecule has 1 aliphatic rings. The molecule has 2 amide bonds. The van der Waals surface area contributed by atoms with E-state index in [0.29, 0.717) is 13.1 Å². The Bertz CT molecular complexity index is 863. The number of piperazine rings is 1. The lowest BCUT2D eigenvalue weighted by atomic mass is 10.1. The summed E-state index contributed by atoms with van der Waals surface area (Å²) in [5, 5.41) is 3.02. The number of quaternary nitrogens is 2. The van der Waals surface area contributed by atoms with Gasteiger partial charge in [0.05, 0.1) is 39.3 Å². The van der Waals surface area contributed by atoms with Crippen LogP contribution in [0.5, 0.6) is 0 Å². The first-order valence-electron chi connectivity index (χ1n) is 11.2. The molecule has 1 aliphatic heterocycles. The molecule has 3 N–H and O–H groups in total. The van der Waals surface area contributed by atoms with Gasteiger partial charge in [-0.2, -0.15) is 0 Å². The average molecular weight is 425 g/mol. The van der Waals surface area contributed by atoms with Gasteiger partial charge in [0.15, 0.2) is 13.1 Å². The normalized spacial score (nSPS) is 16.5. The van der Waals surface area contributed by atoms with E-state index in [4.69, 9.17) is 0 Å². The quantitative estimate of drug-likeness (QED) is 0.541. The molecule has 6 nitrogen and oxygen atoms in total. The summed E-state index contributed by atoms with van der Waals surface area (Å²) in [6.45, 7) is 9.25. The summed E-state index contributed by atoms with van der Waals surface area (Å²) in [6.07, 6.45) is 0. The second-order valence-electron chi connectivity index (χ2n) is 8.81. The van der Waals surface area contributed by atoms with Crippen molar-refractivity contribution in [1.29, 1.82) is 0 Å². The molecule has 2 atom stereocenters. The molecular weight excluding hydrogens is 388 g/mol. The van der Waals surface area contributed by atoms with Gasteiger partial charge in [-0.15, -0.1) is 0 Å². The Labute approximate surface area is 185 Å². The number of aryl methyl sites for hydroxylation is 1. The van der Waals surface area contributed by atoms with Crippen molar-refractivity contribution in [1.82, 2.24) is 10.2 Å². The van der Waals surface area contributed by atoms with Crippen molar-refractivity contribution in [2.45, 2.75) is 26.4 Å². The summed E-state index contributed by atoms with van der Waals surface area (Å²) in [6, 6.07) is 18.5. The van der Waals surface area contributed by atoms with Crippen LogP contribution in [0.15, 0.2) is 54.6 Å². The van der Waals surface area contributed by atoms with Crippen LogP contribution < -0.4 is 15.1 Å². The van der Waals surface area contributed by atoms with E-state index < -0.39 is 0 Å². The van der Waals surface area contributed by atoms with E-state index in [0.717, 1.165) is 43.2 Å². The summed E-state index contributed by atoms with van der Waals surface area (Å²) in [5.74, 6) is 0.102. The zero-order valence-corrected chi connectivity index (χ0v) is 19.0. The standard InChI is InChI=1S/C25H34N4O2/c1-20-8-7-9-22(16-20)17-28-12-14-29(15-13-28)25(31)19-27(3)18-24(30)26-21(2)23-10-5-4-6-11-23/h4-11,16,21H,12-15,17-19H2,1-3H3,(H,26,30)/p+2/t21-/m0/s1. The zero-order valence-electron chi connectivity index (χ0n) is 19.0. The number of carbonyl (C=O) groups is 2. The van der Waals surface area contributed by atoms with E-state index in [1.807, 2.05) is 49.2 Å². The molecule has 3 rings (SSSR count). The summed E-state index contributed by atoms with van der Waals surface area (Å²) >= 11 is 0. The molecule has 0 saturated carbocycles. The van der Waals surface area contributed by atoms with Crippen molar-refractivity contribution in [3.63, 3.8) is 0 Å². The molecule has 0 spiro atoms. The monoisotopic (exact) mass is 424 g/mol. The summed E-state index contributed by atoms with van der Waals surface area (Å²) < 4.78 is 0. The molecule has 31 heavy (non-hydrogen) atoms. The fourth-order valence-electron chi connectivity index (χ4n) is 4.18. The van der Waals surface area contributed by atoms with Crippen LogP contribution in [0.2, 0.25) is 0 Å². The lowest BCUT2D eigenvalue weighted by Gasteiger charge is -2.32. The first-order chi connectivity index (χ1) is 14.9. The van der Waals surface area contributed by atoms with Gasteiger partial charge in [-0.05, 0) is 19.4 Å². The van der Waals surface area contributed by atoms with Crippen LogP contribution in [0.3, 0.4) is 0 Å². The second-order valence-corrected chi connectivity index (χ2v) is 8.81. The maximum Gasteiger partial charge on any atom is 0.278 e. The average Bonchev–Trinajstić information content (AvgIpc) is 2.74. The minimum atomic E-state index is -0.0401. The van der Waals surface area contributed by atoms with Gasteiger partial charge in [-0.1, -0.05) is 60.2 Å². The maximum atomic E-state index is 12.7. The highest BCUT2D eigenvalue weighted by atomic mass is 16.2. The van der Waals surface area contributed by atoms with Crippen molar-refractivity contribution in [2.75, 3.05) is 46.3 Å². The number of likely N-dealkylation sites (N-methyl/N-ethyl adjacent to an activating group) is 1. The zero-order chi connectivity index (χ0) is 22.2. The number of nitrogens with zero attached hydrogens (tertiary/aromatic N) is 1. The summed E-state index contributed by atoms with van der Waals surface area (Å²) in [5.41, 5.74) is 3.73. The first kappa shape index (κ1) is 23.0. The van der Waals surface area contributed by atoms with E-state index in [2.05, 4.69) is 36.5 Å². The van der Waals surface area contributed by atoms with Crippen molar-refractivity contribution in [3.05, 3.63) is 71.3 Å². The molecule has 6 heteroatoms. The molecule has 1 heterocycles. The Kier molecular flexibility index (Phi) is 8.20. The second kappa shape index (κ2) is 11.1. The van der Waals surface area contributed by atoms with Crippen LogP contribution in [0, 0.1) is 6.92 Å². The highest BCUT2D eigenvalue weighted by Crippen LogP contribution is 2.10. The van der Waals surface area contributed by atoms with Crippen LogP contribution in [-0.2, 0) is 16.1 Å². The number of hydrogen-bond donors (Lipinski definition) is 3. The number of rotatable bonds is 8. The molecule has 1 unspecified atom stereocenters. The summed E-state index contributed by atoms with van der Waals surface area (Å²) in [7, 11) is 1.91. The van der Waals surface area contributed by atoms with Crippen LogP contribution in [-0.4, -0.2) is 63.0 Å². The predicted molar refractivity (Wildman–Crippen MR) is 122 cm³/mol. The van der Waals surface area contributed by atoms with Crippen molar-refractivity contribution in [2.24, 2.45) is 0 Å². The topological polar surface area (TPSA) is 58.3 Å². The fourth-order valence-corrected chi connectivity index (χ4v) is 4.18. The van der Waals surface area contributed by atoms with Gasteiger partial charge in [0.2, 0.25) is 0 Å². The number of benzene rings is 2. The van der Waals surface area contributed by atoms with Gasteiger partial charge in [-0.25, -0.2) is 0 Å². The van der Waals surface area contributed by atoms with Crippen molar-refractivity contribution >= 4 is 11.8 Å². The highest BCUT2D eigenvalue weighted by Gasteiger charge is 2.26. The van der Waals surface area contributed by atoms with E-state index in [1.165, 1.54) is 16.0 Å². The molecule has 1 fully saturated rings. The Morgan fingerprint density at radius 3 is 2.45 bits per heavy atom. The fraction of sp³-hybridized carbons (Fsp3) is 0.440. The van der Waals surface area contributed by atoms with E-state index in [-0.39, 0.29) is 17.9 Å². The van der Waals surface area contributed by atoms with Gasteiger partial charge >= 0.3 is 0 Å². The SMILES string of the molecule is Cc1cccc(C[NH+]2CCN(C(=O)C[NH+](C)CC(=O)N[C@@H](C)c3ccccc3)CC2)c1. The number of nitrogens with one attached hydrogen (secondary N) is 3. The third-order valence-corrected chi connectivity index (χ3v) is 5.95. The molecular formula is C25H36N4O2+2. The van der Waals surface area contributed by atoms with Crippen molar-refractivity contribution < 1.29 is 19.4 Å². The molecule has 166 valence electrons. The van der Waals surface area contributed by atoms with E-state index in [1.54, 1.807) is 0 Å². The Morgan fingerprint density at radius 1 is 1.06 bits per heavy atom. The highest BCUT2D eigenvalue weighted by molar-refractivity contribution is 5.79. The molecule has 2 aromatic carbocycles. The third kappa shape index (κ3) is 7.19. The number of carbonyl (C=O) groups excluding carboxylic acids is 2. The van der Waals surface area contributed by atoms with Crippen LogP contribution in [0.25, 0.3) is 0 Å². The van der Waals surface area contributed by atoms with Gasteiger partial charge in [0, 0.05) is 5.56 Å². The Balaban J connectivity index is 1.38. The van der Waals surface area contributed by atoms with Gasteiger partial charge in [0.1, 0.15) is 6.54 Å². The lowest BCUT2D eigenvalue weighted by Crippen LogP contribution is -3.14. The molecule has 0 bridgehead atoms. The minimum absolute atomic E-state index is 0.0333. The van der Waals surface area contributed by atoms with E-state index in [9.17, 15) is 9.59 Å². The van der Waals surface area contributed by atoms with Crippen LogP contribution in [0.4, 0.5) is 0 Å². The smallest absolute Gasteiger partial charge is 0.278 e. The van der Waals surface area contributed by atoms with Crippen LogP contribution >= 0.6 is 0 Å². The Hall–Kier alpha value is -2.70. The largest absolute Gasteiger partial charge is 0.345 e. The van der Waals surface area contributed by atoms with Crippen LogP contribution in [0.1, 0.15) is 29.7 Å². The molecule has 0 radical (unpaired) electrons. The van der Waals surface area contributed by atoms with Gasteiger partial charge in [-0.3, -0.25) is 9.59 Å². The molecule has 0 aliphatic carbocycles. The number of amides is 2. The van der Waals surface area contributed by atoms with Gasteiger partial charge in [0.25, 0.3) is 11.8 Å². The lowest BCUT2D eigenvalue weighted by molar-refractivity contribution is -0.917. The molecule has 2 aromatic rings. The third-order valence-electron chi connectivity index (χ3n) is 5.95. The Morgan fingerprint density at radius 2 is 1.77 bits per heavy atom.